The van der Waals surface area contributed by atoms with Gasteiger partial charge in [-0.25, -0.2) is 4.79 Å². The van der Waals surface area contributed by atoms with Gasteiger partial charge in [-0.1, -0.05) is 35.3 Å². The van der Waals surface area contributed by atoms with Crippen LogP contribution in [0.5, 0.6) is 11.5 Å². The lowest BCUT2D eigenvalue weighted by Crippen LogP contribution is -2.49. The first-order chi connectivity index (χ1) is 19.4. The number of hydrogen-bond acceptors (Lipinski definition) is 8. The number of aromatic carboxylic acids is 1. The number of benzene rings is 2. The minimum absolute atomic E-state index is 0.0231. The molecule has 4 rings (SSSR count). The van der Waals surface area contributed by atoms with Crippen LogP contribution in [0.15, 0.2) is 59.2 Å². The zero-order valence-corrected chi connectivity index (χ0v) is 24.4. The number of nitrogens with one attached hydrogen (secondary N) is 2. The van der Waals surface area contributed by atoms with Crippen LogP contribution < -0.4 is 15.4 Å². The fraction of sp³-hybridized carbons (Fsp3) is 0.379. The highest BCUT2D eigenvalue weighted by atomic mass is 35.5. The zero-order valence-electron chi connectivity index (χ0n) is 22.9. The van der Waals surface area contributed by atoms with Gasteiger partial charge in [-0.3, -0.25) is 9.69 Å². The average Bonchev–Trinajstić information content (AvgIpc) is 3.47. The number of phenolic OH excluding ortho intramolecular Hbond substituents is 1. The van der Waals surface area contributed by atoms with E-state index in [-0.39, 0.29) is 34.8 Å². The maximum atomic E-state index is 11.4. The Hall–Kier alpha value is -3.28. The number of phenols is 1. The van der Waals surface area contributed by atoms with Gasteiger partial charge in [0.1, 0.15) is 23.7 Å². The molecule has 1 saturated heterocycles. The van der Waals surface area contributed by atoms with Crippen molar-refractivity contribution in [1.29, 1.82) is 0 Å². The standard InChI is InChI=1S/C24H31Cl2N3O4.C5H4O3/c1-16(30)28-21-11-20(26)22(31)12-23(21)33-15-24(2,32)14-27-19-7-9-29(10-8-19)13-17-3-5-18(25)6-4-17;6-5(7)4-2-1-3-8-4/h3-6,11-12,19,27,31-32H,7-10,13-15H2,1-2H3,(H,28,30);1-3H,(H,6,7)/t24-;/m0./s1. The molecule has 1 aromatic heterocycles. The first-order valence-electron chi connectivity index (χ1n) is 13.0. The Morgan fingerprint density at radius 2 is 1.83 bits per heavy atom. The summed E-state index contributed by atoms with van der Waals surface area (Å²) in [5.41, 5.74) is 0.434. The van der Waals surface area contributed by atoms with Crippen LogP contribution in [0.3, 0.4) is 0 Å². The van der Waals surface area contributed by atoms with Gasteiger partial charge >= 0.3 is 5.97 Å². The monoisotopic (exact) mass is 607 g/mol. The van der Waals surface area contributed by atoms with Gasteiger partial charge in [0.2, 0.25) is 11.7 Å². The number of furan rings is 1. The lowest BCUT2D eigenvalue weighted by molar-refractivity contribution is -0.114. The van der Waals surface area contributed by atoms with Crippen LogP contribution in [0.4, 0.5) is 5.69 Å². The fourth-order valence-corrected chi connectivity index (χ4v) is 4.43. The van der Waals surface area contributed by atoms with Gasteiger partial charge in [0.15, 0.2) is 0 Å². The Labute approximate surface area is 248 Å². The van der Waals surface area contributed by atoms with Gasteiger partial charge in [-0.15, -0.1) is 0 Å². The van der Waals surface area contributed by atoms with E-state index in [9.17, 15) is 19.8 Å². The molecule has 2 heterocycles. The maximum absolute atomic E-state index is 11.4. The van der Waals surface area contributed by atoms with Crippen molar-refractivity contribution in [2.75, 3.05) is 31.6 Å². The molecule has 1 atom stereocenters. The van der Waals surface area contributed by atoms with E-state index in [2.05, 4.69) is 32.1 Å². The Kier molecular flexibility index (Phi) is 11.9. The summed E-state index contributed by atoms with van der Waals surface area (Å²) in [6.45, 7) is 6.23. The molecule has 0 unspecified atom stereocenters. The van der Waals surface area contributed by atoms with Gasteiger partial charge in [0, 0.05) is 37.1 Å². The quantitative estimate of drug-likeness (QED) is 0.201. The van der Waals surface area contributed by atoms with Crippen LogP contribution in [0.25, 0.3) is 0 Å². The third kappa shape index (κ3) is 10.9. The minimum Gasteiger partial charge on any atom is -0.506 e. The summed E-state index contributed by atoms with van der Waals surface area (Å²) >= 11 is 11.9. The number of aliphatic hydroxyl groups is 1. The molecule has 10 nitrogen and oxygen atoms in total. The third-order valence-corrected chi connectivity index (χ3v) is 6.86. The molecule has 5 N–H and O–H groups in total. The summed E-state index contributed by atoms with van der Waals surface area (Å²) in [6, 6.07) is 13.9. The molecular weight excluding hydrogens is 573 g/mol. The molecule has 0 aliphatic carbocycles. The first kappa shape index (κ1) is 32.2. The molecular formula is C29H35Cl2N3O7. The minimum atomic E-state index is -1.15. The second kappa shape index (κ2) is 15.1. The highest BCUT2D eigenvalue weighted by molar-refractivity contribution is 6.32. The Bertz CT molecular complexity index is 1280. The van der Waals surface area contributed by atoms with Crippen LogP contribution in [0, 0.1) is 0 Å². The maximum Gasteiger partial charge on any atom is 0.371 e. The molecule has 0 spiro atoms. The number of carboxylic acids is 1. The predicted molar refractivity (Wildman–Crippen MR) is 157 cm³/mol. The van der Waals surface area contributed by atoms with E-state index in [1.165, 1.54) is 43.0 Å². The van der Waals surface area contributed by atoms with Crippen molar-refractivity contribution in [2.45, 2.75) is 44.9 Å². The number of piperidine rings is 1. The van der Waals surface area contributed by atoms with Crippen molar-refractivity contribution in [2.24, 2.45) is 0 Å². The number of ether oxygens (including phenoxy) is 1. The summed E-state index contributed by atoms with van der Waals surface area (Å²) < 4.78 is 10.2. The first-order valence-corrected chi connectivity index (χ1v) is 13.8. The summed E-state index contributed by atoms with van der Waals surface area (Å²) in [6.07, 6.45) is 3.30. The van der Waals surface area contributed by atoms with Crippen molar-refractivity contribution in [3.8, 4) is 11.5 Å². The molecule has 1 fully saturated rings. The number of likely N-dealkylation sites (tertiary alicyclic amines) is 1. The van der Waals surface area contributed by atoms with E-state index in [1.807, 2.05) is 12.1 Å². The highest BCUT2D eigenvalue weighted by Gasteiger charge is 2.26. The van der Waals surface area contributed by atoms with Gasteiger partial charge in [0.25, 0.3) is 0 Å². The SMILES string of the molecule is CC(=O)Nc1cc(Cl)c(O)cc1OC[C@@](C)(O)CNC1CCN(Cc2ccc(Cl)cc2)CC1.O=C(O)c1ccco1. The smallest absolute Gasteiger partial charge is 0.371 e. The highest BCUT2D eigenvalue weighted by Crippen LogP contribution is 2.35. The number of carbonyl (C=O) groups excluding carboxylic acids is 1. The van der Waals surface area contributed by atoms with E-state index < -0.39 is 11.6 Å². The molecule has 3 aromatic rings. The number of carbonyl (C=O) groups is 2. The second-order valence-electron chi connectivity index (χ2n) is 10.1. The predicted octanol–water partition coefficient (Wildman–Crippen LogP) is 5.02. The van der Waals surface area contributed by atoms with Crippen molar-refractivity contribution in [1.82, 2.24) is 10.2 Å². The Morgan fingerprint density at radius 1 is 1.15 bits per heavy atom. The van der Waals surface area contributed by atoms with E-state index in [0.717, 1.165) is 37.5 Å². The molecule has 1 amide bonds. The molecule has 1 aliphatic heterocycles. The topological polar surface area (TPSA) is 144 Å². The van der Waals surface area contributed by atoms with Gasteiger partial charge in [-0.05, 0) is 68.8 Å². The van der Waals surface area contributed by atoms with Crippen LogP contribution in [0.2, 0.25) is 10.0 Å². The Morgan fingerprint density at radius 3 is 2.39 bits per heavy atom. The number of nitrogens with zero attached hydrogens (tertiary/aromatic N) is 1. The van der Waals surface area contributed by atoms with Crippen molar-refractivity contribution < 1.29 is 34.1 Å². The van der Waals surface area contributed by atoms with Gasteiger partial charge < -0.3 is 35.1 Å². The largest absolute Gasteiger partial charge is 0.506 e. The van der Waals surface area contributed by atoms with Gasteiger partial charge in [-0.2, -0.15) is 0 Å². The lowest BCUT2D eigenvalue weighted by Gasteiger charge is -2.34. The molecule has 0 bridgehead atoms. The number of aromatic hydroxyl groups is 1. The fourth-order valence-electron chi connectivity index (χ4n) is 4.14. The molecule has 0 radical (unpaired) electrons. The number of halogens is 2. The zero-order chi connectivity index (χ0) is 30.0. The average molecular weight is 609 g/mol. The van der Waals surface area contributed by atoms with Crippen LogP contribution in [-0.2, 0) is 11.3 Å². The van der Waals surface area contributed by atoms with Crippen LogP contribution in [0.1, 0.15) is 42.8 Å². The molecule has 12 heteroatoms. The molecule has 41 heavy (non-hydrogen) atoms. The summed E-state index contributed by atoms with van der Waals surface area (Å²) in [5, 5.41) is 35.8. The van der Waals surface area contributed by atoms with E-state index >= 15 is 0 Å². The Balaban J connectivity index is 0.000000496. The number of hydrogen-bond donors (Lipinski definition) is 5. The van der Waals surface area contributed by atoms with E-state index in [0.29, 0.717) is 18.3 Å². The second-order valence-corrected chi connectivity index (χ2v) is 11.0. The molecule has 1 aliphatic rings. The summed E-state index contributed by atoms with van der Waals surface area (Å²) in [7, 11) is 0. The number of carboxylic acid groups (broad SMARTS) is 1. The van der Waals surface area contributed by atoms with E-state index in [4.69, 9.17) is 33.0 Å². The van der Waals surface area contributed by atoms with Gasteiger partial charge in [0.05, 0.1) is 17.0 Å². The number of anilines is 1. The number of amides is 1. The normalized spacial score (nSPS) is 15.3. The molecule has 222 valence electrons. The summed E-state index contributed by atoms with van der Waals surface area (Å²) in [5.74, 6) is -1.27. The van der Waals surface area contributed by atoms with E-state index in [1.54, 1.807) is 6.92 Å². The van der Waals surface area contributed by atoms with Crippen molar-refractivity contribution >= 4 is 40.8 Å². The third-order valence-electron chi connectivity index (χ3n) is 6.31. The van der Waals surface area contributed by atoms with Crippen molar-refractivity contribution in [3.05, 3.63) is 76.2 Å². The lowest BCUT2D eigenvalue weighted by atomic mass is 10.0. The molecule has 2 aromatic carbocycles. The van der Waals surface area contributed by atoms with Crippen LogP contribution >= 0.6 is 23.2 Å². The number of rotatable bonds is 10. The van der Waals surface area contributed by atoms with Crippen molar-refractivity contribution in [3.63, 3.8) is 0 Å². The summed E-state index contributed by atoms with van der Waals surface area (Å²) in [4.78, 5) is 23.8. The van der Waals surface area contributed by atoms with Crippen LogP contribution in [-0.4, -0.2) is 70.0 Å². The molecule has 0 saturated carbocycles.